The summed E-state index contributed by atoms with van der Waals surface area (Å²) in [5, 5.41) is 13.5. The molecule has 0 unspecified atom stereocenters. The molecule has 0 radical (unpaired) electrons. The van der Waals surface area contributed by atoms with Crippen molar-refractivity contribution in [2.45, 2.75) is 13.3 Å². The highest BCUT2D eigenvalue weighted by molar-refractivity contribution is 6.02. The van der Waals surface area contributed by atoms with Crippen LogP contribution in [0.5, 0.6) is 0 Å². The molecule has 8 heteroatoms. The molecule has 2 saturated heterocycles. The third-order valence-corrected chi connectivity index (χ3v) is 4.25. The second-order valence-corrected chi connectivity index (χ2v) is 5.43. The molecule has 2 amide bonds. The van der Waals surface area contributed by atoms with E-state index in [9.17, 15) is 9.59 Å². The van der Waals surface area contributed by atoms with Crippen molar-refractivity contribution in [3.63, 3.8) is 0 Å². The fraction of sp³-hybridized carbons (Fsp3) is 0.615. The summed E-state index contributed by atoms with van der Waals surface area (Å²) in [6, 6.07) is 0. The largest absolute Gasteiger partial charge is 0.465 e. The number of nitrogens with zero attached hydrogens (tertiary/aromatic N) is 5. The molecule has 0 atom stereocenters. The second-order valence-electron chi connectivity index (χ2n) is 5.43. The van der Waals surface area contributed by atoms with E-state index in [1.54, 1.807) is 9.58 Å². The Morgan fingerprint density at radius 2 is 1.86 bits per heavy atom. The number of aryl methyl sites for hydroxylation is 1. The molecular weight excluding hydrogens is 274 g/mol. The summed E-state index contributed by atoms with van der Waals surface area (Å²) in [6.07, 6.45) is -0.300. The van der Waals surface area contributed by atoms with Crippen molar-refractivity contribution in [2.24, 2.45) is 7.05 Å². The number of hydrogen-bond donors (Lipinski definition) is 1. The number of carboxylic acid groups (broad SMARTS) is 1. The first-order chi connectivity index (χ1) is 9.99. The van der Waals surface area contributed by atoms with Crippen LogP contribution in [0.4, 0.5) is 16.3 Å². The molecule has 0 saturated carbocycles. The van der Waals surface area contributed by atoms with Crippen molar-refractivity contribution in [1.29, 1.82) is 0 Å². The first kappa shape index (κ1) is 13.7. The molecule has 3 rings (SSSR count). The number of β-lactam (4-membered cyclic amide) rings is 1. The van der Waals surface area contributed by atoms with E-state index in [0.29, 0.717) is 32.6 Å². The monoisotopic (exact) mass is 293 g/mol. The quantitative estimate of drug-likeness (QED) is 0.791. The molecule has 1 aromatic rings. The number of piperazine rings is 1. The molecule has 0 aromatic carbocycles. The molecule has 2 fully saturated rings. The summed E-state index contributed by atoms with van der Waals surface area (Å²) in [5.41, 5.74) is 1.83. The third-order valence-electron chi connectivity index (χ3n) is 4.25. The number of rotatable bonds is 2. The number of aromatic nitrogens is 2. The molecule has 0 spiro atoms. The maximum Gasteiger partial charge on any atom is 0.407 e. The van der Waals surface area contributed by atoms with E-state index in [4.69, 9.17) is 5.11 Å². The van der Waals surface area contributed by atoms with Gasteiger partial charge in [0.05, 0.1) is 5.69 Å². The van der Waals surface area contributed by atoms with Gasteiger partial charge in [-0.2, -0.15) is 5.10 Å². The molecule has 3 heterocycles. The van der Waals surface area contributed by atoms with Gasteiger partial charge in [-0.15, -0.1) is 0 Å². The Bertz CT molecular complexity index is 589. The lowest BCUT2D eigenvalue weighted by Crippen LogP contribution is -2.49. The van der Waals surface area contributed by atoms with Gasteiger partial charge in [0.15, 0.2) is 5.82 Å². The minimum atomic E-state index is -0.884. The number of carbonyl (C=O) groups is 2. The third kappa shape index (κ3) is 2.20. The van der Waals surface area contributed by atoms with Crippen LogP contribution in [0.2, 0.25) is 0 Å². The van der Waals surface area contributed by atoms with E-state index < -0.39 is 6.09 Å². The van der Waals surface area contributed by atoms with Crippen LogP contribution in [0.15, 0.2) is 0 Å². The number of anilines is 2. The number of carbonyl (C=O) groups excluding carboxylic acids is 1. The molecular formula is C13H19N5O3. The highest BCUT2D eigenvalue weighted by Crippen LogP contribution is 2.35. The summed E-state index contributed by atoms with van der Waals surface area (Å²) in [7, 11) is 1.86. The first-order valence-electron chi connectivity index (χ1n) is 7.06. The Hall–Kier alpha value is -2.25. The highest BCUT2D eigenvalue weighted by atomic mass is 16.4. The molecule has 8 nitrogen and oxygen atoms in total. The molecule has 1 N–H and O–H groups in total. The fourth-order valence-electron chi connectivity index (χ4n) is 2.77. The van der Waals surface area contributed by atoms with Crippen LogP contribution in [-0.2, 0) is 11.8 Å². The molecule has 1 aromatic heterocycles. The van der Waals surface area contributed by atoms with Crippen molar-refractivity contribution in [3.05, 3.63) is 5.69 Å². The van der Waals surface area contributed by atoms with Gasteiger partial charge in [0.2, 0.25) is 5.91 Å². The van der Waals surface area contributed by atoms with Gasteiger partial charge >= 0.3 is 6.09 Å². The van der Waals surface area contributed by atoms with E-state index in [2.05, 4.69) is 10.00 Å². The summed E-state index contributed by atoms with van der Waals surface area (Å²) in [6.45, 7) is 4.78. The molecule has 2 aliphatic rings. The van der Waals surface area contributed by atoms with E-state index in [-0.39, 0.29) is 5.91 Å². The predicted octanol–water partition coefficient (Wildman–Crippen LogP) is 0.265. The maximum atomic E-state index is 11.8. The zero-order chi connectivity index (χ0) is 15.1. The highest BCUT2D eigenvalue weighted by Gasteiger charge is 2.34. The Kier molecular flexibility index (Phi) is 3.23. The van der Waals surface area contributed by atoms with E-state index in [1.165, 1.54) is 4.90 Å². The smallest absolute Gasteiger partial charge is 0.407 e. The van der Waals surface area contributed by atoms with Crippen LogP contribution in [0.25, 0.3) is 0 Å². The second kappa shape index (κ2) is 4.94. The normalized spacial score (nSPS) is 19.0. The van der Waals surface area contributed by atoms with Gasteiger partial charge in [0, 0.05) is 46.2 Å². The van der Waals surface area contributed by atoms with Crippen LogP contribution in [0.1, 0.15) is 12.1 Å². The van der Waals surface area contributed by atoms with Crippen LogP contribution in [-0.4, -0.2) is 64.5 Å². The topological polar surface area (TPSA) is 81.9 Å². The minimum absolute atomic E-state index is 0.122. The predicted molar refractivity (Wildman–Crippen MR) is 76.7 cm³/mol. The van der Waals surface area contributed by atoms with E-state index in [0.717, 1.165) is 23.7 Å². The summed E-state index contributed by atoms with van der Waals surface area (Å²) >= 11 is 0. The van der Waals surface area contributed by atoms with Gasteiger partial charge in [0.1, 0.15) is 5.69 Å². The zero-order valence-corrected chi connectivity index (χ0v) is 12.2. The summed E-state index contributed by atoms with van der Waals surface area (Å²) < 4.78 is 1.78. The Balaban J connectivity index is 1.84. The van der Waals surface area contributed by atoms with Crippen LogP contribution in [0, 0.1) is 6.92 Å². The van der Waals surface area contributed by atoms with E-state index in [1.807, 2.05) is 14.0 Å². The molecule has 0 bridgehead atoms. The average Bonchev–Trinajstić information content (AvgIpc) is 2.74. The SMILES string of the molecule is Cc1c(N2CCC2=O)c(N2CCN(C(=O)O)CC2)nn1C. The van der Waals surface area contributed by atoms with Gasteiger partial charge in [0.25, 0.3) is 0 Å². The lowest BCUT2D eigenvalue weighted by molar-refractivity contribution is -0.122. The standard InChI is InChI=1S/C13H19N5O3/c1-9-11(18-4-3-10(18)19)12(14-15(9)2)16-5-7-17(8-6-16)13(20)21/h3-8H2,1-2H3,(H,20,21). The number of amides is 2. The molecule has 21 heavy (non-hydrogen) atoms. The minimum Gasteiger partial charge on any atom is -0.465 e. The van der Waals surface area contributed by atoms with E-state index >= 15 is 0 Å². The molecule has 2 aliphatic heterocycles. The van der Waals surface area contributed by atoms with Crippen LogP contribution in [0.3, 0.4) is 0 Å². The van der Waals surface area contributed by atoms with Gasteiger partial charge in [-0.3, -0.25) is 9.48 Å². The first-order valence-corrected chi connectivity index (χ1v) is 7.06. The lowest BCUT2D eigenvalue weighted by atomic mass is 10.1. The summed E-state index contributed by atoms with van der Waals surface area (Å²) in [5.74, 6) is 0.907. The Labute approximate surface area is 122 Å². The maximum absolute atomic E-state index is 11.8. The number of hydrogen-bond acceptors (Lipinski definition) is 4. The van der Waals surface area contributed by atoms with Crippen molar-refractivity contribution >= 4 is 23.5 Å². The van der Waals surface area contributed by atoms with Gasteiger partial charge in [-0.1, -0.05) is 0 Å². The van der Waals surface area contributed by atoms with Crippen LogP contribution >= 0.6 is 0 Å². The Morgan fingerprint density at radius 1 is 1.19 bits per heavy atom. The van der Waals surface area contributed by atoms with Gasteiger partial charge < -0.3 is 19.8 Å². The van der Waals surface area contributed by atoms with Gasteiger partial charge in [-0.25, -0.2) is 4.79 Å². The van der Waals surface area contributed by atoms with Crippen molar-refractivity contribution in [1.82, 2.24) is 14.7 Å². The van der Waals surface area contributed by atoms with Crippen molar-refractivity contribution in [3.8, 4) is 0 Å². The van der Waals surface area contributed by atoms with Crippen molar-refractivity contribution < 1.29 is 14.7 Å². The lowest BCUT2D eigenvalue weighted by Gasteiger charge is -2.36. The molecule has 114 valence electrons. The fourth-order valence-corrected chi connectivity index (χ4v) is 2.77. The van der Waals surface area contributed by atoms with Crippen LogP contribution < -0.4 is 9.80 Å². The molecule has 0 aliphatic carbocycles. The van der Waals surface area contributed by atoms with Crippen molar-refractivity contribution in [2.75, 3.05) is 42.5 Å². The average molecular weight is 293 g/mol. The summed E-state index contributed by atoms with van der Waals surface area (Å²) in [4.78, 5) is 27.9. The zero-order valence-electron chi connectivity index (χ0n) is 12.2. The Morgan fingerprint density at radius 3 is 2.33 bits per heavy atom. The van der Waals surface area contributed by atoms with Gasteiger partial charge in [-0.05, 0) is 6.92 Å².